The normalized spacial score (nSPS) is 13.0. The summed E-state index contributed by atoms with van der Waals surface area (Å²) in [6, 6.07) is 5.74. The van der Waals surface area contributed by atoms with E-state index in [2.05, 4.69) is 5.32 Å². The Hall–Kier alpha value is -1.27. The van der Waals surface area contributed by atoms with Gasteiger partial charge in [-0.15, -0.1) is 0 Å². The summed E-state index contributed by atoms with van der Waals surface area (Å²) in [4.78, 5) is 11.9. The van der Waals surface area contributed by atoms with E-state index in [1.165, 1.54) is 24.3 Å². The molecule has 7 heteroatoms. The maximum absolute atomic E-state index is 11.9. The molecule has 0 fully saturated rings. The fourth-order valence-electron chi connectivity index (χ4n) is 1.75. The van der Waals surface area contributed by atoms with Gasteiger partial charge in [-0.3, -0.25) is 4.79 Å². The lowest BCUT2D eigenvalue weighted by Gasteiger charge is -2.19. The van der Waals surface area contributed by atoms with Crippen molar-refractivity contribution in [2.24, 2.45) is 0 Å². The van der Waals surface area contributed by atoms with Crippen molar-refractivity contribution in [3.63, 3.8) is 0 Å². The van der Waals surface area contributed by atoms with Crippen molar-refractivity contribution < 1.29 is 17.9 Å². The molecule has 0 bridgehead atoms. The first kappa shape index (κ1) is 17.8. The second kappa shape index (κ2) is 7.66. The third kappa shape index (κ3) is 5.55. The van der Waals surface area contributed by atoms with Gasteiger partial charge in [0.15, 0.2) is 6.10 Å². The highest BCUT2D eigenvalue weighted by Gasteiger charge is 2.17. The van der Waals surface area contributed by atoms with Crippen LogP contribution in [0.4, 0.5) is 0 Å². The summed E-state index contributed by atoms with van der Waals surface area (Å²) in [7, 11) is 1.47. The average molecular weight is 334 g/mol. The predicted octanol–water partition coefficient (Wildman–Crippen LogP) is 2.69. The second-order valence-electron chi connectivity index (χ2n) is 4.69. The monoisotopic (exact) mass is 333 g/mol. The van der Waals surface area contributed by atoms with Gasteiger partial charge in [-0.25, -0.2) is 8.42 Å². The van der Waals surface area contributed by atoms with E-state index in [4.69, 9.17) is 15.4 Å². The molecule has 0 saturated heterocycles. The Morgan fingerprint density at radius 2 is 1.76 bits per heavy atom. The van der Waals surface area contributed by atoms with E-state index >= 15 is 0 Å². The number of hydrogen-bond donors (Lipinski definition) is 1. The molecule has 1 aromatic carbocycles. The van der Waals surface area contributed by atoms with Crippen LogP contribution in [0.25, 0.3) is 0 Å². The molecule has 0 spiro atoms. The minimum absolute atomic E-state index is 0.00866. The van der Waals surface area contributed by atoms with Crippen LogP contribution < -0.4 is 10.1 Å². The van der Waals surface area contributed by atoms with Gasteiger partial charge in [-0.05, 0) is 44.0 Å². The summed E-state index contributed by atoms with van der Waals surface area (Å²) in [5.41, 5.74) is 0. The van der Waals surface area contributed by atoms with Crippen molar-refractivity contribution in [3.8, 4) is 5.75 Å². The third-order valence-electron chi connectivity index (χ3n) is 3.12. The average Bonchev–Trinajstić information content (AvgIpc) is 2.44. The number of amides is 1. The van der Waals surface area contributed by atoms with Gasteiger partial charge >= 0.3 is 0 Å². The lowest BCUT2D eigenvalue weighted by Crippen LogP contribution is -2.42. The van der Waals surface area contributed by atoms with Crippen LogP contribution in [0.1, 0.15) is 33.6 Å². The summed E-state index contributed by atoms with van der Waals surface area (Å²) in [5.74, 6) is 0.212. The van der Waals surface area contributed by atoms with Crippen molar-refractivity contribution in [2.45, 2.75) is 50.7 Å². The minimum atomic E-state index is -3.75. The minimum Gasteiger partial charge on any atom is -0.481 e. The molecule has 5 nitrogen and oxygen atoms in total. The summed E-state index contributed by atoms with van der Waals surface area (Å²) >= 11 is 0. The first-order valence-corrected chi connectivity index (χ1v) is 9.10. The quantitative estimate of drug-likeness (QED) is 0.779. The number of nitrogens with one attached hydrogen (secondary N) is 1. The lowest BCUT2D eigenvalue weighted by atomic mass is 10.1. The van der Waals surface area contributed by atoms with Crippen LogP contribution in [0.5, 0.6) is 5.75 Å². The Morgan fingerprint density at radius 3 is 2.19 bits per heavy atom. The molecule has 0 aromatic heterocycles. The Labute approximate surface area is 130 Å². The van der Waals surface area contributed by atoms with Crippen molar-refractivity contribution in [2.75, 3.05) is 0 Å². The van der Waals surface area contributed by atoms with Gasteiger partial charge in [0.1, 0.15) is 5.75 Å². The van der Waals surface area contributed by atoms with Crippen LogP contribution >= 0.6 is 10.7 Å². The molecule has 0 aliphatic rings. The largest absolute Gasteiger partial charge is 0.481 e. The molecule has 118 valence electrons. The van der Waals surface area contributed by atoms with Crippen molar-refractivity contribution in [1.29, 1.82) is 0 Å². The number of halogens is 1. The molecule has 21 heavy (non-hydrogen) atoms. The van der Waals surface area contributed by atoms with Crippen molar-refractivity contribution >= 4 is 25.6 Å². The molecule has 0 aliphatic heterocycles. The van der Waals surface area contributed by atoms with Crippen LogP contribution in [-0.4, -0.2) is 26.5 Å². The molecule has 0 saturated carbocycles. The van der Waals surface area contributed by atoms with Crippen LogP contribution in [0.2, 0.25) is 0 Å². The highest BCUT2D eigenvalue weighted by molar-refractivity contribution is 8.13. The van der Waals surface area contributed by atoms with Gasteiger partial charge in [0.2, 0.25) is 0 Å². The molecule has 0 aliphatic carbocycles. The maximum Gasteiger partial charge on any atom is 0.261 e. The zero-order valence-electron chi connectivity index (χ0n) is 12.3. The number of rotatable bonds is 7. The van der Waals surface area contributed by atoms with Crippen LogP contribution in [0.15, 0.2) is 29.2 Å². The molecule has 1 aromatic rings. The topological polar surface area (TPSA) is 72.5 Å². The number of ether oxygens (including phenoxy) is 1. The van der Waals surface area contributed by atoms with Gasteiger partial charge < -0.3 is 10.1 Å². The van der Waals surface area contributed by atoms with E-state index in [9.17, 15) is 13.2 Å². The highest BCUT2D eigenvalue weighted by Crippen LogP contribution is 2.19. The molecule has 1 unspecified atom stereocenters. The Kier molecular flexibility index (Phi) is 6.48. The van der Waals surface area contributed by atoms with Crippen molar-refractivity contribution in [3.05, 3.63) is 24.3 Å². The Balaban J connectivity index is 2.66. The molecule has 1 atom stereocenters. The first-order valence-electron chi connectivity index (χ1n) is 6.79. The summed E-state index contributed by atoms with van der Waals surface area (Å²) in [5, 5.41) is 2.89. The van der Waals surface area contributed by atoms with Crippen LogP contribution in [0.3, 0.4) is 0 Å². The lowest BCUT2D eigenvalue weighted by molar-refractivity contribution is -0.128. The van der Waals surface area contributed by atoms with Gasteiger partial charge in [0.25, 0.3) is 15.0 Å². The maximum atomic E-state index is 11.9. The second-order valence-corrected chi connectivity index (χ2v) is 7.26. The predicted molar refractivity (Wildman–Crippen MR) is 82.1 cm³/mol. The first-order chi connectivity index (χ1) is 9.77. The van der Waals surface area contributed by atoms with Gasteiger partial charge in [0.05, 0.1) is 4.90 Å². The highest BCUT2D eigenvalue weighted by atomic mass is 35.7. The molecule has 1 rings (SSSR count). The fraction of sp³-hybridized carbons (Fsp3) is 0.500. The van der Waals surface area contributed by atoms with E-state index in [1.54, 1.807) is 6.92 Å². The van der Waals surface area contributed by atoms with Gasteiger partial charge in [-0.1, -0.05) is 13.8 Å². The van der Waals surface area contributed by atoms with E-state index < -0.39 is 15.2 Å². The third-order valence-corrected chi connectivity index (χ3v) is 4.49. The molecular formula is C14H20ClNO4S. The van der Waals surface area contributed by atoms with Gasteiger partial charge in [0, 0.05) is 16.7 Å². The van der Waals surface area contributed by atoms with Crippen LogP contribution in [-0.2, 0) is 13.8 Å². The molecule has 0 heterocycles. The molecular weight excluding hydrogens is 314 g/mol. The van der Waals surface area contributed by atoms with E-state index in [-0.39, 0.29) is 16.8 Å². The number of hydrogen-bond acceptors (Lipinski definition) is 4. The Morgan fingerprint density at radius 1 is 1.24 bits per heavy atom. The molecule has 1 N–H and O–H groups in total. The van der Waals surface area contributed by atoms with E-state index in [0.29, 0.717) is 5.75 Å². The smallest absolute Gasteiger partial charge is 0.261 e. The number of carbonyl (C=O) groups is 1. The SMILES string of the molecule is CCC(CC)NC(=O)C(C)Oc1ccc(S(=O)(=O)Cl)cc1. The summed E-state index contributed by atoms with van der Waals surface area (Å²) < 4.78 is 27.7. The summed E-state index contributed by atoms with van der Waals surface area (Å²) in [6.45, 7) is 5.65. The van der Waals surface area contributed by atoms with E-state index in [1.807, 2.05) is 13.8 Å². The number of benzene rings is 1. The van der Waals surface area contributed by atoms with Gasteiger partial charge in [-0.2, -0.15) is 0 Å². The van der Waals surface area contributed by atoms with Crippen LogP contribution in [0, 0.1) is 0 Å². The molecule has 1 amide bonds. The summed E-state index contributed by atoms with van der Waals surface area (Å²) in [6.07, 6.45) is 1.05. The number of carbonyl (C=O) groups excluding carboxylic acids is 1. The standard InChI is InChI=1S/C14H20ClNO4S/c1-4-11(5-2)16-14(17)10(3)20-12-6-8-13(9-7-12)21(15,18)19/h6-11H,4-5H2,1-3H3,(H,16,17). The van der Waals surface area contributed by atoms with Crippen molar-refractivity contribution in [1.82, 2.24) is 5.32 Å². The Bertz CT molecular complexity index is 567. The van der Waals surface area contributed by atoms with E-state index in [0.717, 1.165) is 12.8 Å². The zero-order valence-corrected chi connectivity index (χ0v) is 13.9. The molecule has 0 radical (unpaired) electrons. The fourth-order valence-corrected chi connectivity index (χ4v) is 2.52. The zero-order chi connectivity index (χ0) is 16.0.